The van der Waals surface area contributed by atoms with E-state index in [0.717, 1.165) is 17.5 Å². The van der Waals surface area contributed by atoms with Crippen LogP contribution in [0.15, 0.2) is 52.4 Å². The lowest BCUT2D eigenvalue weighted by atomic mass is 10.0. The second-order valence-corrected chi connectivity index (χ2v) is 11.6. The number of hydrogen-bond donors (Lipinski definition) is 0. The van der Waals surface area contributed by atoms with Crippen LogP contribution in [0.5, 0.6) is 5.75 Å². The van der Waals surface area contributed by atoms with Gasteiger partial charge in [0.2, 0.25) is 10.0 Å². The number of rotatable bonds is 7. The third kappa shape index (κ3) is 5.37. The molecule has 2 aromatic carbocycles. The standard InChI is InChI=1S/C25H29N3O6S2/c1-4-34-20-8-5-9-21-23(20)28(16-22(29)33-3)25(35-21)26-24(30)18-10-12-19(13-11-18)36(31,32)27-14-6-7-17(2)15-27/h5,8-13,17H,4,6-7,14-16H2,1-3H3. The summed E-state index contributed by atoms with van der Waals surface area (Å²) in [5, 5.41) is 0. The summed E-state index contributed by atoms with van der Waals surface area (Å²) in [6.45, 7) is 5.19. The number of benzene rings is 2. The maximum atomic E-state index is 13.0. The first-order valence-corrected chi connectivity index (χ1v) is 14.0. The Kier molecular flexibility index (Phi) is 7.91. The van der Waals surface area contributed by atoms with Crippen LogP contribution < -0.4 is 9.54 Å². The number of piperidine rings is 1. The summed E-state index contributed by atoms with van der Waals surface area (Å²) in [6.07, 6.45) is 1.85. The van der Waals surface area contributed by atoms with Gasteiger partial charge in [-0.1, -0.05) is 24.3 Å². The monoisotopic (exact) mass is 531 g/mol. The van der Waals surface area contributed by atoms with E-state index < -0.39 is 21.9 Å². The molecule has 1 saturated heterocycles. The van der Waals surface area contributed by atoms with E-state index in [9.17, 15) is 18.0 Å². The Bertz CT molecular complexity index is 1440. The largest absolute Gasteiger partial charge is 0.492 e. The first-order chi connectivity index (χ1) is 17.2. The van der Waals surface area contributed by atoms with Gasteiger partial charge in [-0.2, -0.15) is 9.30 Å². The minimum absolute atomic E-state index is 0.141. The number of methoxy groups -OCH3 is 1. The molecule has 1 unspecified atom stereocenters. The number of fused-ring (bicyclic) bond motifs is 1. The van der Waals surface area contributed by atoms with E-state index in [0.29, 0.717) is 41.7 Å². The average Bonchev–Trinajstić information content (AvgIpc) is 3.21. The molecule has 0 saturated carbocycles. The summed E-state index contributed by atoms with van der Waals surface area (Å²) in [5.41, 5.74) is 0.895. The van der Waals surface area contributed by atoms with Crippen LogP contribution in [0.3, 0.4) is 0 Å². The zero-order valence-corrected chi connectivity index (χ0v) is 22.1. The lowest BCUT2D eigenvalue weighted by molar-refractivity contribution is -0.141. The number of carbonyl (C=O) groups is 2. The Morgan fingerprint density at radius 3 is 2.58 bits per heavy atom. The van der Waals surface area contributed by atoms with E-state index in [1.165, 1.54) is 47.0 Å². The van der Waals surface area contributed by atoms with Crippen LogP contribution in [-0.4, -0.2) is 56.0 Å². The zero-order chi connectivity index (χ0) is 25.9. The molecule has 1 aliphatic heterocycles. The van der Waals surface area contributed by atoms with E-state index in [-0.39, 0.29) is 17.0 Å². The highest BCUT2D eigenvalue weighted by Gasteiger charge is 2.28. The van der Waals surface area contributed by atoms with Gasteiger partial charge < -0.3 is 14.0 Å². The maximum Gasteiger partial charge on any atom is 0.325 e. The van der Waals surface area contributed by atoms with Gasteiger partial charge in [0.05, 0.1) is 23.3 Å². The first kappa shape index (κ1) is 26.1. The smallest absolute Gasteiger partial charge is 0.325 e. The van der Waals surface area contributed by atoms with Gasteiger partial charge in [-0.3, -0.25) is 9.59 Å². The van der Waals surface area contributed by atoms with Gasteiger partial charge in [-0.05, 0) is 62.1 Å². The van der Waals surface area contributed by atoms with Gasteiger partial charge in [-0.25, -0.2) is 8.42 Å². The molecular formula is C25H29N3O6S2. The van der Waals surface area contributed by atoms with Gasteiger partial charge in [0.15, 0.2) is 4.80 Å². The highest BCUT2D eigenvalue weighted by molar-refractivity contribution is 7.89. The maximum absolute atomic E-state index is 13.0. The second kappa shape index (κ2) is 10.9. The van der Waals surface area contributed by atoms with Crippen molar-refractivity contribution >= 4 is 43.5 Å². The molecule has 192 valence electrons. The van der Waals surface area contributed by atoms with E-state index in [4.69, 9.17) is 9.47 Å². The molecule has 11 heteroatoms. The molecule has 0 spiro atoms. The number of thiazole rings is 1. The lowest BCUT2D eigenvalue weighted by Crippen LogP contribution is -2.39. The van der Waals surface area contributed by atoms with E-state index >= 15 is 0 Å². The number of hydrogen-bond acceptors (Lipinski definition) is 7. The summed E-state index contributed by atoms with van der Waals surface area (Å²) in [7, 11) is -2.33. The number of sulfonamides is 1. The second-order valence-electron chi connectivity index (χ2n) is 8.63. The van der Waals surface area contributed by atoms with Gasteiger partial charge in [-0.15, -0.1) is 0 Å². The molecule has 3 aromatic rings. The van der Waals surface area contributed by atoms with Crippen molar-refractivity contribution in [2.45, 2.75) is 38.1 Å². The minimum Gasteiger partial charge on any atom is -0.492 e. The fourth-order valence-corrected chi connectivity index (χ4v) is 6.87. The molecule has 1 atom stereocenters. The van der Waals surface area contributed by atoms with Crippen molar-refractivity contribution in [1.29, 1.82) is 0 Å². The normalized spacial score (nSPS) is 17.3. The number of carbonyl (C=O) groups excluding carboxylic acids is 2. The number of para-hydroxylation sites is 1. The molecule has 36 heavy (non-hydrogen) atoms. The summed E-state index contributed by atoms with van der Waals surface area (Å²) in [4.78, 5) is 29.9. The quantitative estimate of drug-likeness (QED) is 0.433. The van der Waals surface area contributed by atoms with Gasteiger partial charge >= 0.3 is 5.97 Å². The number of aromatic nitrogens is 1. The predicted molar refractivity (Wildman–Crippen MR) is 136 cm³/mol. The molecule has 1 aromatic heterocycles. The van der Waals surface area contributed by atoms with Crippen LogP contribution in [0.1, 0.15) is 37.0 Å². The van der Waals surface area contributed by atoms with Gasteiger partial charge in [0, 0.05) is 18.7 Å². The van der Waals surface area contributed by atoms with Crippen LogP contribution >= 0.6 is 11.3 Å². The Hall–Kier alpha value is -3.02. The van der Waals surface area contributed by atoms with Crippen molar-refractivity contribution in [2.75, 3.05) is 26.8 Å². The topological polar surface area (TPSA) is 107 Å². The van der Waals surface area contributed by atoms with Crippen LogP contribution in [0.4, 0.5) is 0 Å². The Morgan fingerprint density at radius 2 is 1.92 bits per heavy atom. The number of amides is 1. The number of ether oxygens (including phenoxy) is 2. The molecule has 1 aliphatic rings. The SMILES string of the molecule is CCOc1cccc2sc(=NC(=O)c3ccc(S(=O)(=O)N4CCCC(C)C4)cc3)n(CC(=O)OC)c12. The third-order valence-electron chi connectivity index (χ3n) is 6.03. The summed E-state index contributed by atoms with van der Waals surface area (Å²) in [6, 6.07) is 11.3. The molecule has 1 fully saturated rings. The molecule has 1 amide bonds. The molecule has 9 nitrogen and oxygen atoms in total. The van der Waals surface area contributed by atoms with Crippen molar-refractivity contribution in [3.63, 3.8) is 0 Å². The molecular weight excluding hydrogens is 502 g/mol. The molecule has 0 aliphatic carbocycles. The Labute approximate surface area is 214 Å². The van der Waals surface area contributed by atoms with Gasteiger partial charge in [0.1, 0.15) is 17.8 Å². The van der Waals surface area contributed by atoms with Crippen molar-refractivity contribution in [3.05, 3.63) is 52.8 Å². The molecule has 0 radical (unpaired) electrons. The summed E-state index contributed by atoms with van der Waals surface area (Å²) in [5.74, 6) is -0.148. The van der Waals surface area contributed by atoms with Crippen molar-refractivity contribution < 1.29 is 27.5 Å². The highest BCUT2D eigenvalue weighted by atomic mass is 32.2. The van der Waals surface area contributed by atoms with Crippen LogP contribution in [0.2, 0.25) is 0 Å². The van der Waals surface area contributed by atoms with Gasteiger partial charge in [0.25, 0.3) is 5.91 Å². The number of esters is 1. The Balaban J connectivity index is 1.69. The molecule has 2 heterocycles. The van der Waals surface area contributed by atoms with Crippen molar-refractivity contribution in [1.82, 2.24) is 8.87 Å². The fraction of sp³-hybridized carbons (Fsp3) is 0.400. The van der Waals surface area contributed by atoms with Crippen LogP contribution in [0.25, 0.3) is 10.2 Å². The molecule has 0 N–H and O–H groups in total. The lowest BCUT2D eigenvalue weighted by Gasteiger charge is -2.30. The average molecular weight is 532 g/mol. The molecule has 4 rings (SSSR count). The first-order valence-electron chi connectivity index (χ1n) is 11.8. The Morgan fingerprint density at radius 1 is 1.17 bits per heavy atom. The zero-order valence-electron chi connectivity index (χ0n) is 20.5. The van der Waals surface area contributed by atoms with Crippen molar-refractivity contribution in [3.8, 4) is 5.75 Å². The van der Waals surface area contributed by atoms with E-state index in [1.54, 1.807) is 10.6 Å². The third-order valence-corrected chi connectivity index (χ3v) is 8.96. The summed E-state index contributed by atoms with van der Waals surface area (Å²) >= 11 is 1.25. The predicted octanol–water partition coefficient (Wildman–Crippen LogP) is 3.44. The number of nitrogens with zero attached hydrogens (tertiary/aromatic N) is 3. The molecule has 0 bridgehead atoms. The minimum atomic E-state index is -3.62. The van der Waals surface area contributed by atoms with Crippen LogP contribution in [-0.2, 0) is 26.1 Å². The van der Waals surface area contributed by atoms with E-state index in [1.807, 2.05) is 26.0 Å². The fourth-order valence-electron chi connectivity index (χ4n) is 4.23. The summed E-state index contributed by atoms with van der Waals surface area (Å²) < 4.78 is 40.5. The van der Waals surface area contributed by atoms with Crippen LogP contribution in [0, 0.1) is 5.92 Å². The van der Waals surface area contributed by atoms with E-state index in [2.05, 4.69) is 4.99 Å². The van der Waals surface area contributed by atoms with Crippen molar-refractivity contribution in [2.24, 2.45) is 10.9 Å². The highest BCUT2D eigenvalue weighted by Crippen LogP contribution is 2.28.